The molecule has 0 aromatic heterocycles. The van der Waals surface area contributed by atoms with Gasteiger partial charge in [-0.05, 0) is 36.4 Å². The Kier molecular flexibility index (Phi) is 5.23. The maximum atomic E-state index is 13.1. The van der Waals surface area contributed by atoms with E-state index in [2.05, 4.69) is 5.32 Å². The van der Waals surface area contributed by atoms with Crippen LogP contribution in [0.1, 0.15) is 10.4 Å². The molecule has 2 aromatic rings. The van der Waals surface area contributed by atoms with Gasteiger partial charge >= 0.3 is 0 Å². The molecule has 7 heteroatoms. The van der Waals surface area contributed by atoms with Crippen LogP contribution in [0.2, 0.25) is 0 Å². The van der Waals surface area contributed by atoms with Crippen LogP contribution < -0.4 is 10.2 Å². The van der Waals surface area contributed by atoms with Crippen molar-refractivity contribution in [2.45, 2.75) is 0 Å². The van der Waals surface area contributed by atoms with E-state index in [1.165, 1.54) is 0 Å². The van der Waals surface area contributed by atoms with Gasteiger partial charge in [0, 0.05) is 30.5 Å². The lowest BCUT2D eigenvalue weighted by molar-refractivity contribution is 0.102. The molecule has 122 valence electrons. The van der Waals surface area contributed by atoms with Gasteiger partial charge in [-0.2, -0.15) is 0 Å². The number of benzene rings is 2. The van der Waals surface area contributed by atoms with E-state index >= 15 is 0 Å². The second kappa shape index (κ2) is 7.15. The summed E-state index contributed by atoms with van der Waals surface area (Å²) in [6.45, 7) is 0.469. The number of likely N-dealkylation sites (N-methyl/N-ethyl adjacent to an activating group) is 1. The number of anilines is 2. The number of nitrogens with one attached hydrogen (secondary N) is 1. The molecule has 0 aliphatic rings. The summed E-state index contributed by atoms with van der Waals surface area (Å²) in [6, 6.07) is 7.93. The molecule has 0 bridgehead atoms. The van der Waals surface area contributed by atoms with Gasteiger partial charge in [0.15, 0.2) is 17.5 Å². The molecule has 1 amide bonds. The SMILES string of the molecule is CN(CCO)c1ccc(NC(=O)c2cc(F)c(F)c(F)c2)cc1. The quantitative estimate of drug-likeness (QED) is 0.832. The lowest BCUT2D eigenvalue weighted by Crippen LogP contribution is -2.21. The standard InChI is InChI=1S/C16H15F3N2O2/c1-21(6-7-22)12-4-2-11(3-5-12)20-16(23)10-8-13(17)15(19)14(18)9-10/h2-5,8-9,22H,6-7H2,1H3,(H,20,23). The van der Waals surface area contributed by atoms with E-state index in [1.807, 2.05) is 4.90 Å². The lowest BCUT2D eigenvalue weighted by atomic mass is 10.2. The predicted molar refractivity (Wildman–Crippen MR) is 81.1 cm³/mol. The van der Waals surface area contributed by atoms with E-state index in [1.54, 1.807) is 31.3 Å². The van der Waals surface area contributed by atoms with Crippen LogP contribution in [0.15, 0.2) is 36.4 Å². The molecular weight excluding hydrogens is 309 g/mol. The summed E-state index contributed by atoms with van der Waals surface area (Å²) in [5, 5.41) is 11.3. The average molecular weight is 324 g/mol. The van der Waals surface area contributed by atoms with Crippen LogP contribution in [-0.4, -0.2) is 31.2 Å². The molecule has 0 saturated carbocycles. The summed E-state index contributed by atoms with van der Waals surface area (Å²) in [5.74, 6) is -5.20. The average Bonchev–Trinajstić information content (AvgIpc) is 2.53. The molecule has 0 saturated heterocycles. The maximum absolute atomic E-state index is 13.1. The van der Waals surface area contributed by atoms with Gasteiger partial charge in [0.1, 0.15) is 0 Å². The first-order chi connectivity index (χ1) is 10.9. The number of carbonyl (C=O) groups excluding carboxylic acids is 1. The van der Waals surface area contributed by atoms with Crippen LogP contribution in [-0.2, 0) is 0 Å². The van der Waals surface area contributed by atoms with Gasteiger partial charge in [0.05, 0.1) is 6.61 Å². The van der Waals surface area contributed by atoms with Crippen LogP contribution in [0.5, 0.6) is 0 Å². The molecule has 0 heterocycles. The number of amides is 1. The summed E-state index contributed by atoms with van der Waals surface area (Å²) in [6.07, 6.45) is 0. The molecule has 0 unspecified atom stereocenters. The van der Waals surface area contributed by atoms with Crippen LogP contribution >= 0.6 is 0 Å². The molecule has 23 heavy (non-hydrogen) atoms. The fraction of sp³-hybridized carbons (Fsp3) is 0.188. The number of hydrogen-bond acceptors (Lipinski definition) is 3. The summed E-state index contributed by atoms with van der Waals surface area (Å²) in [7, 11) is 1.80. The van der Waals surface area contributed by atoms with Gasteiger partial charge in [-0.15, -0.1) is 0 Å². The molecule has 0 radical (unpaired) electrons. The van der Waals surface area contributed by atoms with Crippen molar-refractivity contribution < 1.29 is 23.1 Å². The van der Waals surface area contributed by atoms with Crippen LogP contribution in [0.25, 0.3) is 0 Å². The highest BCUT2D eigenvalue weighted by atomic mass is 19.2. The van der Waals surface area contributed by atoms with Crippen molar-refractivity contribution in [1.29, 1.82) is 0 Å². The molecule has 2 rings (SSSR count). The number of carbonyl (C=O) groups is 1. The Bertz CT molecular complexity index is 682. The van der Waals surface area contributed by atoms with Crippen molar-refractivity contribution in [2.75, 3.05) is 30.4 Å². The number of nitrogens with zero attached hydrogens (tertiary/aromatic N) is 1. The van der Waals surface area contributed by atoms with E-state index in [-0.39, 0.29) is 12.2 Å². The Morgan fingerprint density at radius 1 is 1.13 bits per heavy atom. The monoisotopic (exact) mass is 324 g/mol. The molecule has 2 aromatic carbocycles. The highest BCUT2D eigenvalue weighted by Gasteiger charge is 2.15. The van der Waals surface area contributed by atoms with Crippen LogP contribution in [0, 0.1) is 17.5 Å². The van der Waals surface area contributed by atoms with Crippen LogP contribution in [0.4, 0.5) is 24.5 Å². The predicted octanol–water partition coefficient (Wildman–Crippen LogP) is 2.78. The fourth-order valence-electron chi connectivity index (χ4n) is 1.97. The zero-order valence-electron chi connectivity index (χ0n) is 12.3. The molecule has 0 aliphatic heterocycles. The van der Waals surface area contributed by atoms with E-state index in [4.69, 9.17) is 5.11 Å². The van der Waals surface area contributed by atoms with Crippen molar-refractivity contribution in [3.8, 4) is 0 Å². The third-order valence-corrected chi connectivity index (χ3v) is 3.25. The molecule has 0 aliphatic carbocycles. The van der Waals surface area contributed by atoms with Crippen molar-refractivity contribution in [2.24, 2.45) is 0 Å². The van der Waals surface area contributed by atoms with E-state index in [0.29, 0.717) is 24.4 Å². The van der Waals surface area contributed by atoms with E-state index < -0.39 is 23.4 Å². The summed E-state index contributed by atoms with van der Waals surface area (Å²) in [4.78, 5) is 13.8. The van der Waals surface area contributed by atoms with Crippen LogP contribution in [0.3, 0.4) is 0 Å². The minimum Gasteiger partial charge on any atom is -0.395 e. The second-order valence-electron chi connectivity index (χ2n) is 4.90. The van der Waals surface area contributed by atoms with E-state index in [0.717, 1.165) is 5.69 Å². The molecule has 4 nitrogen and oxygen atoms in total. The Morgan fingerprint density at radius 2 is 1.70 bits per heavy atom. The minimum atomic E-state index is -1.61. The smallest absolute Gasteiger partial charge is 0.255 e. The van der Waals surface area contributed by atoms with Gasteiger partial charge in [-0.25, -0.2) is 13.2 Å². The van der Waals surface area contributed by atoms with Crippen molar-refractivity contribution >= 4 is 17.3 Å². The molecule has 0 fully saturated rings. The molecular formula is C16H15F3N2O2. The van der Waals surface area contributed by atoms with Gasteiger partial charge in [0.2, 0.25) is 0 Å². The van der Waals surface area contributed by atoms with Gasteiger partial charge < -0.3 is 15.3 Å². The second-order valence-corrected chi connectivity index (χ2v) is 4.90. The summed E-state index contributed by atoms with van der Waals surface area (Å²) >= 11 is 0. The highest BCUT2D eigenvalue weighted by Crippen LogP contribution is 2.18. The first kappa shape index (κ1) is 16.8. The number of aliphatic hydroxyl groups excluding tert-OH is 1. The summed E-state index contributed by atoms with van der Waals surface area (Å²) in [5.41, 5.74) is 0.931. The minimum absolute atomic E-state index is 0.0106. The zero-order chi connectivity index (χ0) is 17.0. The molecule has 0 atom stereocenters. The van der Waals surface area contributed by atoms with Gasteiger partial charge in [0.25, 0.3) is 5.91 Å². The first-order valence-corrected chi connectivity index (χ1v) is 6.80. The first-order valence-electron chi connectivity index (χ1n) is 6.80. The zero-order valence-corrected chi connectivity index (χ0v) is 12.3. The Morgan fingerprint density at radius 3 is 2.22 bits per heavy atom. The largest absolute Gasteiger partial charge is 0.395 e. The summed E-state index contributed by atoms with van der Waals surface area (Å²) < 4.78 is 39.1. The topological polar surface area (TPSA) is 52.6 Å². The maximum Gasteiger partial charge on any atom is 0.255 e. The molecule has 2 N–H and O–H groups in total. The highest BCUT2D eigenvalue weighted by molar-refractivity contribution is 6.04. The number of halogens is 3. The third-order valence-electron chi connectivity index (χ3n) is 3.25. The fourth-order valence-corrected chi connectivity index (χ4v) is 1.97. The van der Waals surface area contributed by atoms with Crippen molar-refractivity contribution in [3.05, 3.63) is 59.4 Å². The van der Waals surface area contributed by atoms with Crippen molar-refractivity contribution in [1.82, 2.24) is 0 Å². The Labute approximate surface area is 131 Å². The van der Waals surface area contributed by atoms with Crippen molar-refractivity contribution in [3.63, 3.8) is 0 Å². The number of rotatable bonds is 5. The Hall–Kier alpha value is -2.54. The lowest BCUT2D eigenvalue weighted by Gasteiger charge is -2.18. The normalized spacial score (nSPS) is 10.5. The van der Waals surface area contributed by atoms with E-state index in [9.17, 15) is 18.0 Å². The number of hydrogen-bond donors (Lipinski definition) is 2. The Balaban J connectivity index is 2.11. The van der Waals surface area contributed by atoms with Gasteiger partial charge in [-0.1, -0.05) is 0 Å². The van der Waals surface area contributed by atoms with Gasteiger partial charge in [-0.3, -0.25) is 4.79 Å². The molecule has 0 spiro atoms. The number of aliphatic hydroxyl groups is 1. The third kappa shape index (κ3) is 4.01.